The molecule has 1 rings (SSSR count). The standard InChI is InChI=1S/C80H141NO8/c1-3-5-7-9-11-13-15-17-19-21-23-25-27-29-30-31-32-33-34-35-36-37-38-39-40-41-42-43-44-46-48-50-52-54-56-58-60-62-64-66-68-70-76(84)81-73(72-88-80-79(87)78(86)77(85)75(71-82)89-80)74(83)69-67-65-63-61-59-57-55-53-51-49-47-45-28-26-24-22-20-18-16-14-12-10-8-6-4-2/h5,7,11,13,17,19,23,25,29-30,32-33,35-36,59,61,67,69,73-75,77-80,82-83,85-87H,3-4,6,8-10,12,14-16,18,20-22,24,26-28,31,34,37-58,60,62-66,68,70-72H2,1-2H3,(H,81,84)/b7-5-,13-11-,19-17-,25-23-,30-29-,33-32-,36-35-,61-59+,69-67+. The zero-order chi connectivity index (χ0) is 64.2. The zero-order valence-corrected chi connectivity index (χ0v) is 57.7. The van der Waals surface area contributed by atoms with Gasteiger partial charge in [-0.05, 0) is 89.9 Å². The van der Waals surface area contributed by atoms with Gasteiger partial charge in [-0.1, -0.05) is 348 Å². The van der Waals surface area contributed by atoms with Gasteiger partial charge < -0.3 is 40.3 Å². The Morgan fingerprint density at radius 3 is 1.08 bits per heavy atom. The van der Waals surface area contributed by atoms with Crippen LogP contribution in [0.2, 0.25) is 0 Å². The Labute approximate surface area is 548 Å². The maximum Gasteiger partial charge on any atom is 0.220 e. The zero-order valence-electron chi connectivity index (χ0n) is 57.7. The van der Waals surface area contributed by atoms with Crippen molar-refractivity contribution in [2.24, 2.45) is 0 Å². The number of aliphatic hydroxyl groups excluding tert-OH is 5. The van der Waals surface area contributed by atoms with Gasteiger partial charge in [0.05, 0.1) is 25.4 Å². The molecule has 7 atom stereocenters. The van der Waals surface area contributed by atoms with Gasteiger partial charge in [0.25, 0.3) is 0 Å². The molecule has 1 fully saturated rings. The molecule has 0 aliphatic carbocycles. The number of ether oxygens (including phenoxy) is 2. The molecule has 0 saturated carbocycles. The molecule has 1 amide bonds. The number of carbonyl (C=O) groups excluding carboxylic acids is 1. The molecule has 1 heterocycles. The highest BCUT2D eigenvalue weighted by atomic mass is 16.7. The summed E-state index contributed by atoms with van der Waals surface area (Å²) in [6.07, 6.45) is 93.6. The fourth-order valence-electron chi connectivity index (χ4n) is 11.5. The quantitative estimate of drug-likeness (QED) is 0.0261. The van der Waals surface area contributed by atoms with Gasteiger partial charge in [0, 0.05) is 6.42 Å². The molecule has 1 saturated heterocycles. The second kappa shape index (κ2) is 67.7. The molecular formula is C80H141NO8. The van der Waals surface area contributed by atoms with Crippen LogP contribution < -0.4 is 5.32 Å². The second-order valence-corrected chi connectivity index (χ2v) is 25.7. The highest BCUT2D eigenvalue weighted by Crippen LogP contribution is 2.23. The smallest absolute Gasteiger partial charge is 0.220 e. The van der Waals surface area contributed by atoms with Gasteiger partial charge in [-0.2, -0.15) is 0 Å². The van der Waals surface area contributed by atoms with Gasteiger partial charge in [-0.3, -0.25) is 4.79 Å². The van der Waals surface area contributed by atoms with Gasteiger partial charge >= 0.3 is 0 Å². The number of hydrogen-bond acceptors (Lipinski definition) is 8. The lowest BCUT2D eigenvalue weighted by molar-refractivity contribution is -0.302. The molecule has 514 valence electrons. The number of unbranched alkanes of at least 4 members (excludes halogenated alkanes) is 39. The van der Waals surface area contributed by atoms with Crippen molar-refractivity contribution in [3.05, 3.63) is 109 Å². The van der Waals surface area contributed by atoms with Gasteiger partial charge in [-0.15, -0.1) is 0 Å². The van der Waals surface area contributed by atoms with Crippen molar-refractivity contribution in [3.8, 4) is 0 Å². The van der Waals surface area contributed by atoms with E-state index in [2.05, 4.69) is 116 Å². The normalized spacial score (nSPS) is 18.5. The Balaban J connectivity index is 2.10. The molecule has 0 aromatic heterocycles. The van der Waals surface area contributed by atoms with E-state index in [9.17, 15) is 30.3 Å². The monoisotopic (exact) mass is 1240 g/mol. The van der Waals surface area contributed by atoms with Crippen molar-refractivity contribution in [1.29, 1.82) is 0 Å². The summed E-state index contributed by atoms with van der Waals surface area (Å²) in [5.41, 5.74) is 0. The van der Waals surface area contributed by atoms with Crippen molar-refractivity contribution in [1.82, 2.24) is 5.32 Å². The van der Waals surface area contributed by atoms with Crippen LogP contribution in [0.4, 0.5) is 0 Å². The Morgan fingerprint density at radius 1 is 0.393 bits per heavy atom. The third-order valence-electron chi connectivity index (χ3n) is 17.3. The van der Waals surface area contributed by atoms with Crippen molar-refractivity contribution in [3.63, 3.8) is 0 Å². The molecule has 6 N–H and O–H groups in total. The SMILES string of the molecule is CC/C=C\C/C=C\C/C=C\C/C=C\C/C=C\C/C=C\C/C=C\CCCCCCCCCCCCCCCCCCCCCC(=O)NC(COC1OC(CO)C(O)C(O)C1O)C(O)/C=C/CC/C=C/CCCCCCCCCCCCCCCCCCCCC. The van der Waals surface area contributed by atoms with Gasteiger partial charge in [0.2, 0.25) is 5.91 Å². The topological polar surface area (TPSA) is 149 Å². The molecule has 0 radical (unpaired) electrons. The van der Waals surface area contributed by atoms with E-state index in [-0.39, 0.29) is 12.5 Å². The first-order chi connectivity index (χ1) is 43.8. The molecule has 9 nitrogen and oxygen atoms in total. The molecule has 0 aromatic rings. The highest BCUT2D eigenvalue weighted by Gasteiger charge is 2.44. The van der Waals surface area contributed by atoms with E-state index in [1.807, 2.05) is 6.08 Å². The summed E-state index contributed by atoms with van der Waals surface area (Å²) in [6, 6.07) is -0.827. The van der Waals surface area contributed by atoms with Crippen LogP contribution in [0.5, 0.6) is 0 Å². The second-order valence-electron chi connectivity index (χ2n) is 25.7. The minimum Gasteiger partial charge on any atom is -0.394 e. The third-order valence-corrected chi connectivity index (χ3v) is 17.3. The Bertz CT molecular complexity index is 1780. The maximum absolute atomic E-state index is 13.1. The van der Waals surface area contributed by atoms with Crippen molar-refractivity contribution in [2.45, 2.75) is 378 Å². The molecule has 7 unspecified atom stereocenters. The van der Waals surface area contributed by atoms with E-state index in [1.54, 1.807) is 6.08 Å². The van der Waals surface area contributed by atoms with Crippen molar-refractivity contribution in [2.75, 3.05) is 13.2 Å². The Kier molecular flexibility index (Phi) is 63.8. The fourth-order valence-corrected chi connectivity index (χ4v) is 11.5. The van der Waals surface area contributed by atoms with Crippen LogP contribution in [0.25, 0.3) is 0 Å². The van der Waals surface area contributed by atoms with Crippen molar-refractivity contribution >= 4 is 5.91 Å². The molecule has 0 aromatic carbocycles. The molecule has 9 heteroatoms. The molecule has 89 heavy (non-hydrogen) atoms. The summed E-state index contributed by atoms with van der Waals surface area (Å²) in [4.78, 5) is 13.1. The van der Waals surface area contributed by atoms with Crippen LogP contribution in [0.1, 0.15) is 335 Å². The summed E-state index contributed by atoms with van der Waals surface area (Å²) >= 11 is 0. The number of nitrogens with one attached hydrogen (secondary N) is 1. The lowest BCUT2D eigenvalue weighted by atomic mass is 9.99. The highest BCUT2D eigenvalue weighted by molar-refractivity contribution is 5.76. The van der Waals surface area contributed by atoms with Gasteiger partial charge in [0.1, 0.15) is 24.4 Å². The summed E-state index contributed by atoms with van der Waals surface area (Å²) in [7, 11) is 0. The molecule has 1 aliphatic heterocycles. The van der Waals surface area contributed by atoms with Crippen LogP contribution in [0, 0.1) is 0 Å². The minimum absolute atomic E-state index is 0.184. The lowest BCUT2D eigenvalue weighted by Crippen LogP contribution is -2.60. The predicted octanol–water partition coefficient (Wildman–Crippen LogP) is 21.2. The fraction of sp³-hybridized carbons (Fsp3) is 0.762. The first kappa shape index (κ1) is 83.9. The molecule has 0 spiro atoms. The maximum atomic E-state index is 13.1. The predicted molar refractivity (Wildman–Crippen MR) is 382 cm³/mol. The molecule has 1 aliphatic rings. The summed E-state index contributed by atoms with van der Waals surface area (Å²) < 4.78 is 11.3. The van der Waals surface area contributed by atoms with Gasteiger partial charge in [0.15, 0.2) is 6.29 Å². The van der Waals surface area contributed by atoms with Crippen LogP contribution in [-0.2, 0) is 14.3 Å². The lowest BCUT2D eigenvalue weighted by Gasteiger charge is -2.40. The van der Waals surface area contributed by atoms with Crippen LogP contribution in [-0.4, -0.2) is 87.5 Å². The number of aliphatic hydroxyl groups is 5. The Morgan fingerprint density at radius 2 is 0.708 bits per heavy atom. The number of hydrogen-bond donors (Lipinski definition) is 6. The third kappa shape index (κ3) is 56.1. The van der Waals surface area contributed by atoms with Crippen LogP contribution in [0.3, 0.4) is 0 Å². The number of allylic oxidation sites excluding steroid dienone is 17. The number of amides is 1. The van der Waals surface area contributed by atoms with Crippen LogP contribution in [0.15, 0.2) is 109 Å². The van der Waals surface area contributed by atoms with E-state index in [0.29, 0.717) is 6.42 Å². The minimum atomic E-state index is -1.58. The average Bonchev–Trinajstić information content (AvgIpc) is 2.59. The van der Waals surface area contributed by atoms with Crippen molar-refractivity contribution < 1.29 is 39.8 Å². The summed E-state index contributed by atoms with van der Waals surface area (Å²) in [5, 5.41) is 54.8. The number of rotatable bonds is 65. The van der Waals surface area contributed by atoms with E-state index in [0.717, 1.165) is 83.5 Å². The largest absolute Gasteiger partial charge is 0.394 e. The van der Waals surface area contributed by atoms with Gasteiger partial charge in [-0.25, -0.2) is 0 Å². The average molecular weight is 1250 g/mol. The molecule has 0 bridgehead atoms. The summed E-state index contributed by atoms with van der Waals surface area (Å²) in [5.74, 6) is -0.184. The Hall–Kier alpha value is -3.15. The van der Waals surface area contributed by atoms with E-state index < -0.39 is 49.5 Å². The summed E-state index contributed by atoms with van der Waals surface area (Å²) in [6.45, 7) is 3.68. The van der Waals surface area contributed by atoms with Crippen LogP contribution >= 0.6 is 0 Å². The first-order valence-electron chi connectivity index (χ1n) is 37.6. The van der Waals surface area contributed by atoms with E-state index >= 15 is 0 Å². The van der Waals surface area contributed by atoms with E-state index in [1.165, 1.54) is 231 Å². The number of carbonyl (C=O) groups is 1. The van der Waals surface area contributed by atoms with E-state index in [4.69, 9.17) is 9.47 Å². The molecular weight excluding hydrogens is 1100 g/mol. The first-order valence-corrected chi connectivity index (χ1v) is 37.6.